The van der Waals surface area contributed by atoms with Crippen LogP contribution in [-0.2, 0) is 19.7 Å². The summed E-state index contributed by atoms with van der Waals surface area (Å²) in [4.78, 5) is 28.5. The Labute approximate surface area is 282 Å². The minimum Gasteiger partial charge on any atom is -0.490 e. The highest BCUT2D eigenvalue weighted by molar-refractivity contribution is 7.89. The molecule has 0 radical (unpaired) electrons. The molecule has 0 unspecified atom stereocenters. The number of likely N-dealkylation sites (tertiary alicyclic amines) is 1. The summed E-state index contributed by atoms with van der Waals surface area (Å²) in [6.45, 7) is 5.10. The van der Waals surface area contributed by atoms with E-state index < -0.39 is 20.8 Å². The van der Waals surface area contributed by atoms with Crippen molar-refractivity contribution in [3.05, 3.63) is 89.5 Å². The molecule has 6 rings (SSSR count). The fraction of sp³-hybridized carbons (Fsp3) is 0.432. The lowest BCUT2D eigenvalue weighted by molar-refractivity contribution is -0.139. The zero-order chi connectivity index (χ0) is 33.9. The van der Waals surface area contributed by atoms with Crippen LogP contribution in [0.5, 0.6) is 17.2 Å². The van der Waals surface area contributed by atoms with Crippen molar-refractivity contribution in [3.63, 3.8) is 0 Å². The molecule has 3 fully saturated rings. The molecule has 1 amide bonds. The van der Waals surface area contributed by atoms with Crippen LogP contribution in [0.1, 0.15) is 67.6 Å². The van der Waals surface area contributed by atoms with Crippen LogP contribution >= 0.6 is 0 Å². The molecule has 0 aromatic heterocycles. The molecule has 1 N–H and O–H groups in total. The van der Waals surface area contributed by atoms with Crippen LogP contribution in [-0.4, -0.2) is 61.2 Å². The van der Waals surface area contributed by atoms with Crippen LogP contribution in [0.25, 0.3) is 0 Å². The van der Waals surface area contributed by atoms with Crippen molar-refractivity contribution in [2.24, 2.45) is 0 Å². The summed E-state index contributed by atoms with van der Waals surface area (Å²) in [7, 11) is -4.45. The van der Waals surface area contributed by atoms with Crippen LogP contribution in [0.15, 0.2) is 72.8 Å². The Morgan fingerprint density at radius 1 is 0.875 bits per heavy atom. The summed E-state index contributed by atoms with van der Waals surface area (Å²) in [5.41, 5.74) is 3.02. The molecule has 3 aliphatic rings. The summed E-state index contributed by atoms with van der Waals surface area (Å²) in [5.74, 6) is 0.344. The van der Waals surface area contributed by atoms with E-state index in [0.717, 1.165) is 29.5 Å². The van der Waals surface area contributed by atoms with E-state index in [1.54, 1.807) is 53.4 Å². The van der Waals surface area contributed by atoms with Crippen LogP contribution in [0.3, 0.4) is 0 Å². The van der Waals surface area contributed by atoms with Gasteiger partial charge in [0.05, 0.1) is 18.2 Å². The monoisotopic (exact) mass is 671 g/mol. The summed E-state index contributed by atoms with van der Waals surface area (Å²) in [6, 6.07) is 22.9. The van der Waals surface area contributed by atoms with Gasteiger partial charge in [-0.05, 0) is 107 Å². The number of ether oxygens (including phenoxy) is 2. The molecule has 2 saturated heterocycles. The maximum atomic E-state index is 13.8. The Balaban J connectivity index is 1.10. The van der Waals surface area contributed by atoms with E-state index in [2.05, 4.69) is 11.4 Å². The van der Waals surface area contributed by atoms with E-state index >= 15 is 0 Å². The van der Waals surface area contributed by atoms with Crippen molar-refractivity contribution in [3.8, 4) is 23.3 Å². The Hall–Kier alpha value is -4.40. The van der Waals surface area contributed by atoms with Gasteiger partial charge in [0.25, 0.3) is 0 Å². The van der Waals surface area contributed by atoms with Gasteiger partial charge < -0.3 is 23.9 Å². The SMILES string of the molecule is Cc1ccc(OC(=O)C2(S(=O)(=O)Oc3ccc(C)cc3)CCC(Oc3ccc([C@@H]4CN[C@H](C(=O)N5CCC[C@H]5C#N)C4)cc3)CC2)cc1. The maximum Gasteiger partial charge on any atom is 0.336 e. The molecular formula is C37H41N3O7S. The third-order valence-corrected chi connectivity index (χ3v) is 11.8. The van der Waals surface area contributed by atoms with Crippen molar-refractivity contribution in [2.75, 3.05) is 13.1 Å². The number of aryl methyl sites for hydroxylation is 2. The van der Waals surface area contributed by atoms with Gasteiger partial charge >= 0.3 is 16.1 Å². The number of nitrogens with zero attached hydrogens (tertiary/aromatic N) is 2. The first-order chi connectivity index (χ1) is 23.1. The Morgan fingerprint density at radius 2 is 1.48 bits per heavy atom. The normalized spacial score (nSPS) is 25.6. The number of carbonyl (C=O) groups excluding carboxylic acids is 2. The Bertz CT molecular complexity index is 1760. The molecule has 11 heteroatoms. The fourth-order valence-electron chi connectivity index (χ4n) is 6.89. The highest BCUT2D eigenvalue weighted by Crippen LogP contribution is 2.40. The van der Waals surface area contributed by atoms with Gasteiger partial charge in [0.2, 0.25) is 10.7 Å². The van der Waals surface area contributed by atoms with Gasteiger partial charge in [0, 0.05) is 13.1 Å². The third kappa shape index (κ3) is 7.05. The number of esters is 1. The average molecular weight is 672 g/mol. The second-order valence-corrected chi connectivity index (χ2v) is 15.0. The largest absolute Gasteiger partial charge is 0.490 e. The van der Waals surface area contributed by atoms with Gasteiger partial charge in [-0.2, -0.15) is 13.7 Å². The summed E-state index contributed by atoms with van der Waals surface area (Å²) >= 11 is 0. The molecule has 0 bridgehead atoms. The number of benzene rings is 3. The van der Waals surface area contributed by atoms with Crippen molar-refractivity contribution < 1.29 is 31.7 Å². The Kier molecular flexibility index (Phi) is 9.76. The van der Waals surface area contributed by atoms with Gasteiger partial charge in [-0.3, -0.25) is 4.79 Å². The molecule has 10 nitrogen and oxygen atoms in total. The predicted octanol–water partition coefficient (Wildman–Crippen LogP) is 5.34. The minimum atomic E-state index is -4.45. The van der Waals surface area contributed by atoms with Crippen molar-refractivity contribution in [1.82, 2.24) is 10.2 Å². The van der Waals surface area contributed by atoms with Crippen molar-refractivity contribution in [1.29, 1.82) is 5.26 Å². The average Bonchev–Trinajstić information content (AvgIpc) is 3.78. The number of hydrogen-bond donors (Lipinski definition) is 1. The van der Waals surface area contributed by atoms with Crippen LogP contribution in [0.4, 0.5) is 0 Å². The van der Waals surface area contributed by atoms with E-state index in [9.17, 15) is 23.3 Å². The molecule has 2 aliphatic heterocycles. The summed E-state index contributed by atoms with van der Waals surface area (Å²) < 4.78 is 43.2. The molecule has 3 aromatic rings. The van der Waals surface area contributed by atoms with Gasteiger partial charge in [0.1, 0.15) is 23.3 Å². The van der Waals surface area contributed by atoms with Crippen molar-refractivity contribution >= 4 is 22.0 Å². The van der Waals surface area contributed by atoms with Gasteiger partial charge in [-0.25, -0.2) is 4.79 Å². The smallest absolute Gasteiger partial charge is 0.336 e. The lowest BCUT2D eigenvalue weighted by atomic mass is 9.86. The molecule has 48 heavy (non-hydrogen) atoms. The zero-order valence-corrected chi connectivity index (χ0v) is 28.1. The quantitative estimate of drug-likeness (QED) is 0.182. The second kappa shape index (κ2) is 14.0. The first-order valence-electron chi connectivity index (χ1n) is 16.6. The highest BCUT2D eigenvalue weighted by atomic mass is 32.2. The van der Waals surface area contributed by atoms with Crippen molar-refractivity contribution in [2.45, 2.75) is 87.6 Å². The van der Waals surface area contributed by atoms with E-state index in [0.29, 0.717) is 38.1 Å². The molecular weight excluding hydrogens is 630 g/mol. The molecule has 252 valence electrons. The first-order valence-corrected chi connectivity index (χ1v) is 18.0. The molecule has 1 saturated carbocycles. The van der Waals surface area contributed by atoms with Crippen LogP contribution < -0.4 is 19.0 Å². The van der Waals surface area contributed by atoms with Gasteiger partial charge in [-0.1, -0.05) is 47.5 Å². The Morgan fingerprint density at radius 3 is 2.10 bits per heavy atom. The third-order valence-electron chi connectivity index (χ3n) is 9.82. The maximum absolute atomic E-state index is 13.8. The minimum absolute atomic E-state index is 0.00362. The van der Waals surface area contributed by atoms with Gasteiger partial charge in [0.15, 0.2) is 0 Å². The van der Waals surface area contributed by atoms with E-state index in [1.165, 1.54) is 0 Å². The molecule has 1 aliphatic carbocycles. The highest BCUT2D eigenvalue weighted by Gasteiger charge is 2.56. The lowest BCUT2D eigenvalue weighted by Crippen LogP contribution is -2.54. The number of hydrogen-bond acceptors (Lipinski definition) is 9. The summed E-state index contributed by atoms with van der Waals surface area (Å²) in [5, 5.41) is 12.7. The zero-order valence-electron chi connectivity index (χ0n) is 27.3. The number of nitrogens with one attached hydrogen (secondary N) is 1. The number of carbonyl (C=O) groups is 2. The molecule has 2 heterocycles. The van der Waals surface area contributed by atoms with E-state index in [4.69, 9.17) is 13.7 Å². The topological polar surface area (TPSA) is 135 Å². The number of nitriles is 1. The van der Waals surface area contributed by atoms with Gasteiger partial charge in [-0.15, -0.1) is 0 Å². The standard InChI is InChI=1S/C37H41N3O7S/c1-25-5-11-31(12-6-25)46-36(42)37(48(43,44)47-33-13-7-26(2)8-14-33)19-17-32(18-20-37)45-30-15-9-27(10-16-30)28-22-34(39-24-28)35(41)40-21-3-4-29(40)23-38/h5-16,28-29,32,34,39H,3-4,17-22,24H2,1-2H3/t28-,29-,32?,34-,37?/m0/s1. The van der Waals surface area contributed by atoms with E-state index in [-0.39, 0.29) is 54.4 Å². The van der Waals surface area contributed by atoms with Crippen LogP contribution in [0, 0.1) is 25.2 Å². The number of amides is 1. The second-order valence-electron chi connectivity index (χ2n) is 13.1. The van der Waals surface area contributed by atoms with Crippen LogP contribution in [0.2, 0.25) is 0 Å². The molecule has 0 spiro atoms. The lowest BCUT2D eigenvalue weighted by Gasteiger charge is -2.36. The van der Waals surface area contributed by atoms with E-state index in [1.807, 2.05) is 38.1 Å². The molecule has 3 atom stereocenters. The summed E-state index contributed by atoms with van der Waals surface area (Å²) in [6.07, 6.45) is 2.50. The predicted molar refractivity (Wildman–Crippen MR) is 179 cm³/mol. The number of rotatable bonds is 9. The fourth-order valence-corrected chi connectivity index (χ4v) is 8.40. The molecule has 3 aromatic carbocycles. The first kappa shape index (κ1) is 33.5.